The van der Waals surface area contributed by atoms with E-state index in [-0.39, 0.29) is 12.8 Å². The fraction of sp³-hybridized carbons (Fsp3) is 0.906. The Bertz CT molecular complexity index is 3200. The standard InChI is InChI=1S/C85H149N3O39/c1-6-8-10-12-14-16-18-20-21-23-25-27-29-31-33-35-60(103)88-50(51(98)34-32-30-28-26-24-22-19-17-15-13-11-9-7-2)45-116-79-68(109)67(108)72(58(43-93)119-79)122-81-70(111)77(127-85(83(114)115)38-53(100)62(87-48(5)97)75(125-85)64(105)55(102)40-90)73(59(44-94)120-81)123-78-49(36-46(3)95)71(65(106)56(41-91)117-78)121-80-69(110)76(66(107)57(42-92)118-80)126-84(82(112)113)37-52(99)61(86-47(4)96)74(124-84)63(104)54(101)39-89/h20-21,49-59,61-81,89-94,98-102,104-111H,6-19,22-45H2,1-5H3,(H,86,96)(H,87,97)(H,88,103)(H,112,113)(H,114,115)/b21-20-/t49-,50+,51-,52+,53+,54-,55-,56-,57-,58-,59-,61-,62-,63-,64-,65+,66+,67-,68-,69-,70-,71-,72-,73+,74?,75?,76+,77-,78+,79-,80+,81+,84+,85+/m1/s1. The Morgan fingerprint density at radius 2 is 0.811 bits per heavy atom. The molecule has 6 rings (SSSR count). The number of amides is 3. The molecule has 2 unspecified atom stereocenters. The number of hydrogen-bond acceptors (Lipinski definition) is 37. The second-order valence-corrected chi connectivity index (χ2v) is 34.6. The summed E-state index contributed by atoms with van der Waals surface area (Å²) in [5, 5.41) is 245. The summed E-state index contributed by atoms with van der Waals surface area (Å²) in [6.07, 6.45) is -32.8. The van der Waals surface area contributed by atoms with Crippen LogP contribution in [0.5, 0.6) is 0 Å². The smallest absolute Gasteiger partial charge is 0.364 e. The van der Waals surface area contributed by atoms with Gasteiger partial charge in [0.15, 0.2) is 25.2 Å². The number of aliphatic hydroxyl groups excluding tert-OH is 19. The number of nitrogens with one attached hydrogen (secondary N) is 3. The Labute approximate surface area is 740 Å². The van der Waals surface area contributed by atoms with Gasteiger partial charge in [-0.25, -0.2) is 9.59 Å². The predicted molar refractivity (Wildman–Crippen MR) is 441 cm³/mol. The number of ether oxygens (including phenoxy) is 12. The van der Waals surface area contributed by atoms with Crippen LogP contribution in [-0.4, -0.2) is 390 Å². The maximum absolute atomic E-state index is 14.1. The summed E-state index contributed by atoms with van der Waals surface area (Å²) in [5.74, 6) is -16.1. The predicted octanol–water partition coefficient (Wildman–Crippen LogP) is -2.78. The molecule has 0 saturated carbocycles. The first-order chi connectivity index (χ1) is 60.6. The Morgan fingerprint density at radius 1 is 0.425 bits per heavy atom. The fourth-order valence-electron chi connectivity index (χ4n) is 17.2. The number of Topliss-reactive ketones (excluding diaryl/α,β-unsaturated/α-hetero) is 1. The average Bonchev–Trinajstić information content (AvgIpc) is 0.752. The van der Waals surface area contributed by atoms with Crippen LogP contribution in [0.2, 0.25) is 0 Å². The lowest BCUT2D eigenvalue weighted by molar-refractivity contribution is -0.408. The highest BCUT2D eigenvalue weighted by Crippen LogP contribution is 2.44. The first-order valence-corrected chi connectivity index (χ1v) is 45.4. The number of allylic oxidation sites excluding steroid dienone is 2. The minimum atomic E-state index is -3.48. The van der Waals surface area contributed by atoms with Crippen LogP contribution in [0.15, 0.2) is 12.2 Å². The zero-order valence-electron chi connectivity index (χ0n) is 73.7. The van der Waals surface area contributed by atoms with Crippen molar-refractivity contribution in [3.8, 4) is 0 Å². The topological polar surface area (TPSA) is 674 Å². The Hall–Kier alpha value is -4.48. The van der Waals surface area contributed by atoms with Gasteiger partial charge in [-0.15, -0.1) is 0 Å². The lowest BCUT2D eigenvalue weighted by Crippen LogP contribution is -2.71. The number of ketones is 1. The Morgan fingerprint density at radius 3 is 1.25 bits per heavy atom. The zero-order valence-corrected chi connectivity index (χ0v) is 73.7. The van der Waals surface area contributed by atoms with Crippen LogP contribution in [0.25, 0.3) is 0 Å². The molecule has 6 fully saturated rings. The molecule has 0 spiro atoms. The highest BCUT2D eigenvalue weighted by molar-refractivity contribution is 5.78. The molecule has 3 amide bonds. The van der Waals surface area contributed by atoms with Crippen LogP contribution in [0, 0.1) is 5.92 Å². The molecule has 0 aromatic rings. The summed E-state index contributed by atoms with van der Waals surface area (Å²) < 4.78 is 72.8. The molecule has 24 N–H and O–H groups in total. The minimum Gasteiger partial charge on any atom is -0.477 e. The molecule has 6 saturated heterocycles. The number of unbranched alkanes of at least 4 members (excludes halogenated alkanes) is 23. The SMILES string of the molecule is CCCCCCCC/C=C\CCCCCCCC(=O)N[C@@H](CO[C@@H]1O[C@H](CO)[C@@H](O[C@@H]2O[C@H](CO)[C@H](O[C@@H]3O[C@H](CO)[C@H](O)[C@H](O[C@@H]4O[C@H](CO)[C@H](O)[C@H](O[C@]5(C(=O)O)C[C@H](O)[C@@H](NC(C)=O)C([C@H](O)[C@H](O)CO)O5)[C@H]4O)[C@H]3CC(C)=O)[C@H](O[C@]3(C(=O)O)C[C@H](O)[C@@H](NC(C)=O)C([C@H](O)[C@H](O)CO)O3)[C@H]2O)[C@H](O)[C@H]1O)[C@H](O)CCCCCCCCCCCCCCC. The quantitative estimate of drug-likeness (QED) is 0.0216. The molecule has 0 aromatic carbocycles. The molecule has 0 aromatic heterocycles. The summed E-state index contributed by atoms with van der Waals surface area (Å²) in [4.78, 5) is 79.7. The van der Waals surface area contributed by atoms with E-state index in [0.29, 0.717) is 12.8 Å². The maximum Gasteiger partial charge on any atom is 0.364 e. The number of rotatable bonds is 60. The molecule has 738 valence electrons. The molecule has 127 heavy (non-hydrogen) atoms. The molecule has 0 aliphatic carbocycles. The number of aliphatic hydroxyl groups is 19. The van der Waals surface area contributed by atoms with E-state index in [0.717, 1.165) is 97.8 Å². The highest BCUT2D eigenvalue weighted by Gasteiger charge is 2.64. The number of carbonyl (C=O) groups excluding carboxylic acids is 4. The third-order valence-electron chi connectivity index (χ3n) is 24.4. The molecule has 42 nitrogen and oxygen atoms in total. The first-order valence-electron chi connectivity index (χ1n) is 45.4. The van der Waals surface area contributed by atoms with E-state index < -0.39 is 308 Å². The molecule has 6 aliphatic heterocycles. The summed E-state index contributed by atoms with van der Waals surface area (Å²) >= 11 is 0. The lowest BCUT2D eigenvalue weighted by atomic mass is 9.86. The van der Waals surface area contributed by atoms with Crippen molar-refractivity contribution in [3.05, 3.63) is 12.2 Å². The zero-order chi connectivity index (χ0) is 93.8. The Kier molecular flexibility index (Phi) is 49.6. The number of carboxylic acid groups (broad SMARTS) is 2. The van der Waals surface area contributed by atoms with Crippen LogP contribution in [0.1, 0.15) is 234 Å². The number of carbonyl (C=O) groups is 6. The van der Waals surface area contributed by atoms with Gasteiger partial charge >= 0.3 is 11.9 Å². The van der Waals surface area contributed by atoms with Crippen molar-refractivity contribution in [1.29, 1.82) is 0 Å². The summed E-state index contributed by atoms with van der Waals surface area (Å²) in [6.45, 7) is -0.574. The van der Waals surface area contributed by atoms with Crippen molar-refractivity contribution in [2.45, 2.75) is 435 Å². The maximum atomic E-state index is 14.1. The number of aliphatic carboxylic acids is 2. The summed E-state index contributed by atoms with van der Waals surface area (Å²) in [6, 6.07) is -4.69. The van der Waals surface area contributed by atoms with E-state index in [1.54, 1.807) is 0 Å². The van der Waals surface area contributed by atoms with Gasteiger partial charge in [0.25, 0.3) is 11.6 Å². The van der Waals surface area contributed by atoms with Gasteiger partial charge < -0.3 is 185 Å². The molecule has 6 aliphatic rings. The van der Waals surface area contributed by atoms with Gasteiger partial charge in [-0.05, 0) is 45.4 Å². The van der Waals surface area contributed by atoms with Gasteiger partial charge in [-0.1, -0.05) is 161 Å². The van der Waals surface area contributed by atoms with E-state index >= 15 is 0 Å². The van der Waals surface area contributed by atoms with Gasteiger partial charge in [0.1, 0.15) is 128 Å². The molecular formula is C85H149N3O39. The van der Waals surface area contributed by atoms with Gasteiger partial charge in [0.05, 0.1) is 88.8 Å². The summed E-state index contributed by atoms with van der Waals surface area (Å²) in [7, 11) is 0. The average molecular weight is 1840 g/mol. The lowest BCUT2D eigenvalue weighted by Gasteiger charge is -2.53. The van der Waals surface area contributed by atoms with E-state index in [2.05, 4.69) is 41.9 Å². The fourth-order valence-corrected chi connectivity index (χ4v) is 17.2. The minimum absolute atomic E-state index is 0.108. The van der Waals surface area contributed by atoms with Crippen molar-refractivity contribution in [3.63, 3.8) is 0 Å². The molecule has 6 heterocycles. The highest BCUT2D eigenvalue weighted by atomic mass is 16.8. The van der Waals surface area contributed by atoms with Crippen molar-refractivity contribution in [1.82, 2.24) is 16.0 Å². The van der Waals surface area contributed by atoms with Gasteiger partial charge in [0.2, 0.25) is 17.7 Å². The summed E-state index contributed by atoms with van der Waals surface area (Å²) in [5.41, 5.74) is 0. The van der Waals surface area contributed by atoms with E-state index in [9.17, 15) is 136 Å². The van der Waals surface area contributed by atoms with Crippen LogP contribution in [-0.2, 0) is 85.6 Å². The van der Waals surface area contributed by atoms with Crippen molar-refractivity contribution < 1.29 is 193 Å². The van der Waals surface area contributed by atoms with Crippen LogP contribution < -0.4 is 16.0 Å². The third kappa shape index (κ3) is 32.7. The number of hydrogen-bond donors (Lipinski definition) is 24. The van der Waals surface area contributed by atoms with E-state index in [1.165, 1.54) is 77.0 Å². The van der Waals surface area contributed by atoms with Crippen molar-refractivity contribution in [2.75, 3.05) is 46.2 Å². The van der Waals surface area contributed by atoms with Gasteiger partial charge in [-0.2, -0.15) is 0 Å². The molecule has 34 atom stereocenters. The molecule has 42 heteroatoms. The molecular weight excluding hydrogens is 1690 g/mol. The second kappa shape index (κ2) is 56.6. The third-order valence-corrected chi connectivity index (χ3v) is 24.4. The van der Waals surface area contributed by atoms with Gasteiger partial charge in [-0.3, -0.25) is 14.4 Å². The van der Waals surface area contributed by atoms with Crippen LogP contribution in [0.4, 0.5) is 0 Å². The first kappa shape index (κ1) is 111. The second-order valence-electron chi connectivity index (χ2n) is 34.6. The molecule has 0 bridgehead atoms. The van der Waals surface area contributed by atoms with Crippen molar-refractivity contribution in [2.24, 2.45) is 5.92 Å². The van der Waals surface area contributed by atoms with E-state index in [1.807, 2.05) is 0 Å². The normalized spacial score (nSPS) is 35.1. The Balaban J connectivity index is 1.30. The number of carboxylic acids is 2. The van der Waals surface area contributed by atoms with E-state index in [4.69, 9.17) is 56.8 Å². The van der Waals surface area contributed by atoms with Gasteiger partial charge in [0, 0.05) is 45.4 Å². The molecule has 0 radical (unpaired) electrons. The van der Waals surface area contributed by atoms with Crippen LogP contribution in [0.3, 0.4) is 0 Å². The van der Waals surface area contributed by atoms with Crippen molar-refractivity contribution >= 4 is 35.4 Å². The van der Waals surface area contributed by atoms with Crippen LogP contribution >= 0.6 is 0 Å². The largest absolute Gasteiger partial charge is 0.477 e. The monoisotopic (exact) mass is 1840 g/mol.